The van der Waals surface area contributed by atoms with Crippen LogP contribution in [0.15, 0.2) is 42.5 Å². The average Bonchev–Trinajstić information content (AvgIpc) is 2.53. The van der Waals surface area contributed by atoms with E-state index in [1.807, 2.05) is 0 Å². The lowest BCUT2D eigenvalue weighted by Gasteiger charge is -2.13. The van der Waals surface area contributed by atoms with E-state index in [0.717, 1.165) is 6.08 Å². The SMILES string of the molecule is COc1cc(/C=C/C(=O)[O-])ccc1OCc1c(Cl)cccc1Cl. The van der Waals surface area contributed by atoms with Crippen LogP contribution in [0.5, 0.6) is 11.5 Å². The molecule has 0 aliphatic carbocycles. The number of carbonyl (C=O) groups is 1. The number of methoxy groups -OCH3 is 1. The first-order valence-electron chi connectivity index (χ1n) is 6.64. The summed E-state index contributed by atoms with van der Waals surface area (Å²) in [6.07, 6.45) is 2.35. The van der Waals surface area contributed by atoms with Gasteiger partial charge in [0.15, 0.2) is 11.5 Å². The number of halogens is 2. The van der Waals surface area contributed by atoms with Crippen molar-refractivity contribution in [3.8, 4) is 11.5 Å². The predicted octanol–water partition coefficient (Wildman–Crippen LogP) is 3.34. The Labute approximate surface area is 143 Å². The molecule has 0 fully saturated rings. The summed E-state index contributed by atoms with van der Waals surface area (Å²) in [5.74, 6) is -0.305. The molecule has 0 aliphatic heterocycles. The Morgan fingerprint density at radius 2 is 1.87 bits per heavy atom. The quantitative estimate of drug-likeness (QED) is 0.749. The molecule has 0 amide bonds. The number of hydrogen-bond donors (Lipinski definition) is 0. The Balaban J connectivity index is 2.18. The van der Waals surface area contributed by atoms with E-state index in [9.17, 15) is 9.90 Å². The molecular formula is C17H13Cl2O4-. The molecule has 0 radical (unpaired) electrons. The smallest absolute Gasteiger partial charge is 0.161 e. The molecule has 120 valence electrons. The third kappa shape index (κ3) is 4.65. The minimum absolute atomic E-state index is 0.184. The van der Waals surface area contributed by atoms with Crippen molar-refractivity contribution in [3.63, 3.8) is 0 Å². The molecule has 2 aromatic rings. The molecule has 0 saturated carbocycles. The Morgan fingerprint density at radius 1 is 1.17 bits per heavy atom. The zero-order valence-corrected chi connectivity index (χ0v) is 13.7. The van der Waals surface area contributed by atoms with Gasteiger partial charge in [0.25, 0.3) is 0 Å². The maximum absolute atomic E-state index is 10.4. The third-order valence-electron chi connectivity index (χ3n) is 3.03. The largest absolute Gasteiger partial charge is 0.545 e. The molecule has 0 aliphatic rings. The van der Waals surface area contributed by atoms with Crippen molar-refractivity contribution in [2.45, 2.75) is 6.61 Å². The molecule has 0 N–H and O–H groups in total. The number of benzene rings is 2. The van der Waals surface area contributed by atoms with Gasteiger partial charge in [-0.15, -0.1) is 0 Å². The standard InChI is InChI=1S/C17H14Cl2O4/c1-22-16-9-11(6-8-17(20)21)5-7-15(16)23-10-12-13(18)3-2-4-14(12)19/h2-9H,10H2,1H3,(H,20,21)/p-1/b8-6+. The van der Waals surface area contributed by atoms with Gasteiger partial charge in [0.05, 0.1) is 13.1 Å². The lowest BCUT2D eigenvalue weighted by molar-refractivity contribution is -0.297. The molecule has 6 heteroatoms. The van der Waals surface area contributed by atoms with Crippen molar-refractivity contribution >= 4 is 35.2 Å². The molecular weight excluding hydrogens is 339 g/mol. The molecule has 4 nitrogen and oxygen atoms in total. The molecule has 0 atom stereocenters. The first-order chi connectivity index (χ1) is 11.0. The average molecular weight is 352 g/mol. The van der Waals surface area contributed by atoms with Crippen molar-refractivity contribution in [1.29, 1.82) is 0 Å². The van der Waals surface area contributed by atoms with Crippen LogP contribution in [0.1, 0.15) is 11.1 Å². The molecule has 0 saturated heterocycles. The molecule has 0 heterocycles. The van der Waals surface area contributed by atoms with Crippen LogP contribution in [0, 0.1) is 0 Å². The topological polar surface area (TPSA) is 58.6 Å². The number of ether oxygens (including phenoxy) is 2. The van der Waals surface area contributed by atoms with E-state index in [1.54, 1.807) is 36.4 Å². The molecule has 2 rings (SSSR count). The molecule has 0 bridgehead atoms. The number of carboxylic acid groups (broad SMARTS) is 1. The molecule has 0 aromatic heterocycles. The van der Waals surface area contributed by atoms with Gasteiger partial charge >= 0.3 is 0 Å². The van der Waals surface area contributed by atoms with E-state index >= 15 is 0 Å². The summed E-state index contributed by atoms with van der Waals surface area (Å²) >= 11 is 12.2. The Kier molecular flexibility index (Phi) is 5.90. The maximum Gasteiger partial charge on any atom is 0.161 e. The Hall–Kier alpha value is -2.17. The van der Waals surface area contributed by atoms with E-state index in [1.165, 1.54) is 13.2 Å². The van der Waals surface area contributed by atoms with Crippen LogP contribution in [-0.2, 0) is 11.4 Å². The first-order valence-corrected chi connectivity index (χ1v) is 7.39. The summed E-state index contributed by atoms with van der Waals surface area (Å²) in [5.41, 5.74) is 1.33. The number of carbonyl (C=O) groups excluding carboxylic acids is 1. The van der Waals surface area contributed by atoms with Gasteiger partial charge in [0.1, 0.15) is 6.61 Å². The lowest BCUT2D eigenvalue weighted by atomic mass is 10.2. The Bertz CT molecular complexity index is 721. The zero-order chi connectivity index (χ0) is 16.8. The van der Waals surface area contributed by atoms with Gasteiger partial charge in [0.2, 0.25) is 0 Å². The highest BCUT2D eigenvalue weighted by atomic mass is 35.5. The van der Waals surface area contributed by atoms with Crippen LogP contribution in [0.2, 0.25) is 10.0 Å². The fraction of sp³-hybridized carbons (Fsp3) is 0.118. The second-order valence-corrected chi connectivity index (χ2v) is 5.37. The third-order valence-corrected chi connectivity index (χ3v) is 3.74. The minimum Gasteiger partial charge on any atom is -0.545 e. The van der Waals surface area contributed by atoms with E-state index in [2.05, 4.69) is 0 Å². The second kappa shape index (κ2) is 7.90. The number of carboxylic acids is 1. The van der Waals surface area contributed by atoms with Gasteiger partial charge in [0, 0.05) is 15.6 Å². The summed E-state index contributed by atoms with van der Waals surface area (Å²) in [7, 11) is 1.50. The van der Waals surface area contributed by atoms with Crippen LogP contribution >= 0.6 is 23.2 Å². The fourth-order valence-corrected chi connectivity index (χ4v) is 2.40. The van der Waals surface area contributed by atoms with Crippen molar-refractivity contribution in [3.05, 3.63) is 63.6 Å². The number of aliphatic carboxylic acids is 1. The first kappa shape index (κ1) is 17.2. The van der Waals surface area contributed by atoms with Crippen LogP contribution in [0.25, 0.3) is 6.08 Å². The summed E-state index contributed by atoms with van der Waals surface area (Å²) < 4.78 is 11.0. The lowest BCUT2D eigenvalue weighted by Crippen LogP contribution is -2.18. The van der Waals surface area contributed by atoms with Crippen molar-refractivity contribution in [1.82, 2.24) is 0 Å². The van der Waals surface area contributed by atoms with Crippen LogP contribution in [-0.4, -0.2) is 13.1 Å². The fourth-order valence-electron chi connectivity index (χ4n) is 1.89. The zero-order valence-electron chi connectivity index (χ0n) is 12.2. The van der Waals surface area contributed by atoms with Gasteiger partial charge in [-0.2, -0.15) is 0 Å². The van der Waals surface area contributed by atoms with Gasteiger partial charge in [-0.25, -0.2) is 0 Å². The summed E-state index contributed by atoms with van der Waals surface area (Å²) in [6.45, 7) is 0.184. The van der Waals surface area contributed by atoms with E-state index in [0.29, 0.717) is 32.7 Å². The number of rotatable bonds is 6. The highest BCUT2D eigenvalue weighted by Crippen LogP contribution is 2.31. The highest BCUT2D eigenvalue weighted by molar-refractivity contribution is 6.35. The molecule has 23 heavy (non-hydrogen) atoms. The van der Waals surface area contributed by atoms with Crippen molar-refractivity contribution in [2.75, 3.05) is 7.11 Å². The summed E-state index contributed by atoms with van der Waals surface area (Å²) in [6, 6.07) is 10.3. The molecule has 2 aromatic carbocycles. The van der Waals surface area contributed by atoms with E-state index in [-0.39, 0.29) is 6.61 Å². The van der Waals surface area contributed by atoms with Crippen molar-refractivity contribution < 1.29 is 19.4 Å². The summed E-state index contributed by atoms with van der Waals surface area (Å²) in [5, 5.41) is 11.5. The minimum atomic E-state index is -1.27. The van der Waals surface area contributed by atoms with Crippen LogP contribution < -0.4 is 14.6 Å². The van der Waals surface area contributed by atoms with Crippen molar-refractivity contribution in [2.24, 2.45) is 0 Å². The van der Waals surface area contributed by atoms with Gasteiger partial charge < -0.3 is 19.4 Å². The predicted molar refractivity (Wildman–Crippen MR) is 87.8 cm³/mol. The summed E-state index contributed by atoms with van der Waals surface area (Å²) in [4.78, 5) is 10.4. The van der Waals surface area contributed by atoms with E-state index in [4.69, 9.17) is 32.7 Å². The van der Waals surface area contributed by atoms with Gasteiger partial charge in [-0.3, -0.25) is 0 Å². The molecule has 0 unspecified atom stereocenters. The van der Waals surface area contributed by atoms with Gasteiger partial charge in [-0.05, 0) is 35.9 Å². The van der Waals surface area contributed by atoms with Crippen LogP contribution in [0.4, 0.5) is 0 Å². The maximum atomic E-state index is 10.4. The molecule has 0 spiro atoms. The van der Waals surface area contributed by atoms with Gasteiger partial charge in [-0.1, -0.05) is 41.4 Å². The monoisotopic (exact) mass is 351 g/mol. The Morgan fingerprint density at radius 3 is 2.48 bits per heavy atom. The van der Waals surface area contributed by atoms with Crippen LogP contribution in [0.3, 0.4) is 0 Å². The normalized spacial score (nSPS) is 10.7. The van der Waals surface area contributed by atoms with E-state index < -0.39 is 5.97 Å². The second-order valence-electron chi connectivity index (χ2n) is 4.55. The highest BCUT2D eigenvalue weighted by Gasteiger charge is 2.09. The number of hydrogen-bond acceptors (Lipinski definition) is 4.